The lowest BCUT2D eigenvalue weighted by Crippen LogP contribution is -2.17. The molecule has 1 N–H and O–H groups in total. The number of rotatable bonds is 8. The van der Waals surface area contributed by atoms with E-state index in [1.807, 2.05) is 0 Å². The molecule has 0 saturated heterocycles. The molecule has 0 atom stereocenters. The van der Waals surface area contributed by atoms with Crippen molar-refractivity contribution >= 4 is 27.6 Å². The first-order valence-electron chi connectivity index (χ1n) is 7.55. The molecule has 2 rings (SSSR count). The number of nitrogens with one attached hydrogen (secondary N) is 1. The Balaban J connectivity index is 1.91. The number of alkyl halides is 2. The predicted octanol–water partition coefficient (Wildman–Crippen LogP) is 2.68. The van der Waals surface area contributed by atoms with Crippen molar-refractivity contribution in [3.63, 3.8) is 0 Å². The molecule has 2 aromatic carbocycles. The van der Waals surface area contributed by atoms with E-state index >= 15 is 0 Å². The Labute approximate surface area is 154 Å². The summed E-state index contributed by atoms with van der Waals surface area (Å²) >= 11 is 0. The minimum atomic E-state index is -3.40. The molecule has 0 aromatic heterocycles. The van der Waals surface area contributed by atoms with E-state index in [2.05, 4.69) is 15.2 Å². The van der Waals surface area contributed by atoms with Crippen molar-refractivity contribution in [1.82, 2.24) is 0 Å². The first-order chi connectivity index (χ1) is 12.8. The standard InChI is InChI=1S/C17H16F2N2O5S/c1-27(23,24)14-7-4-6-13(9-14)21-16(22)11-25-20-10-12-5-2-3-8-15(12)26-17(18)19/h2-10,17H,11H2,1H3,(H,21,22)/b20-10-. The summed E-state index contributed by atoms with van der Waals surface area (Å²) < 4.78 is 52.0. The lowest BCUT2D eigenvalue weighted by Gasteiger charge is -2.07. The number of nitrogens with zero attached hydrogens (tertiary/aromatic N) is 1. The van der Waals surface area contributed by atoms with Gasteiger partial charge in [-0.05, 0) is 30.3 Å². The van der Waals surface area contributed by atoms with E-state index in [0.717, 1.165) is 12.5 Å². The molecule has 0 fully saturated rings. The number of sulfone groups is 1. The molecule has 0 radical (unpaired) electrons. The Morgan fingerprint density at radius 1 is 1.22 bits per heavy atom. The van der Waals surface area contributed by atoms with Crippen LogP contribution in [0.25, 0.3) is 0 Å². The maximum atomic E-state index is 12.3. The summed E-state index contributed by atoms with van der Waals surface area (Å²) in [6.45, 7) is -3.44. The van der Waals surface area contributed by atoms with E-state index in [4.69, 9.17) is 4.84 Å². The van der Waals surface area contributed by atoms with Gasteiger partial charge in [-0.2, -0.15) is 8.78 Å². The van der Waals surface area contributed by atoms with Gasteiger partial charge in [0.25, 0.3) is 5.91 Å². The summed E-state index contributed by atoms with van der Waals surface area (Å²) in [5, 5.41) is 6.01. The third kappa shape index (κ3) is 6.66. The highest BCUT2D eigenvalue weighted by molar-refractivity contribution is 7.90. The first-order valence-corrected chi connectivity index (χ1v) is 9.44. The predicted molar refractivity (Wildman–Crippen MR) is 94.8 cm³/mol. The summed E-state index contributed by atoms with van der Waals surface area (Å²) in [5.41, 5.74) is 0.533. The number of anilines is 1. The quantitative estimate of drug-likeness (QED) is 0.545. The van der Waals surface area contributed by atoms with Crippen molar-refractivity contribution in [1.29, 1.82) is 0 Å². The van der Waals surface area contributed by atoms with Gasteiger partial charge in [0.15, 0.2) is 16.4 Å². The number of carbonyl (C=O) groups is 1. The fourth-order valence-electron chi connectivity index (χ4n) is 1.98. The normalized spacial score (nSPS) is 11.6. The van der Waals surface area contributed by atoms with Crippen molar-refractivity contribution in [2.45, 2.75) is 11.5 Å². The Morgan fingerprint density at radius 2 is 1.96 bits per heavy atom. The lowest BCUT2D eigenvalue weighted by atomic mass is 10.2. The van der Waals surface area contributed by atoms with Crippen LogP contribution < -0.4 is 10.1 Å². The monoisotopic (exact) mass is 398 g/mol. The minimum absolute atomic E-state index is 0.0647. The average molecular weight is 398 g/mol. The molecule has 0 bridgehead atoms. The van der Waals surface area contributed by atoms with Crippen LogP contribution >= 0.6 is 0 Å². The number of carbonyl (C=O) groups excluding carboxylic acids is 1. The van der Waals surface area contributed by atoms with Gasteiger partial charge in [0, 0.05) is 17.5 Å². The van der Waals surface area contributed by atoms with Gasteiger partial charge in [0.05, 0.1) is 11.1 Å². The van der Waals surface area contributed by atoms with Crippen LogP contribution in [0.2, 0.25) is 0 Å². The smallest absolute Gasteiger partial charge is 0.387 e. The fraction of sp³-hybridized carbons (Fsp3) is 0.176. The molecule has 144 valence electrons. The van der Waals surface area contributed by atoms with Gasteiger partial charge in [-0.1, -0.05) is 23.4 Å². The van der Waals surface area contributed by atoms with E-state index in [9.17, 15) is 22.0 Å². The fourth-order valence-corrected chi connectivity index (χ4v) is 2.65. The van der Waals surface area contributed by atoms with Crippen molar-refractivity contribution in [3.8, 4) is 5.75 Å². The maximum absolute atomic E-state index is 12.3. The van der Waals surface area contributed by atoms with E-state index in [0.29, 0.717) is 0 Å². The molecule has 0 saturated carbocycles. The zero-order valence-electron chi connectivity index (χ0n) is 14.1. The molecule has 7 nitrogen and oxygen atoms in total. The second-order valence-electron chi connectivity index (χ2n) is 5.27. The van der Waals surface area contributed by atoms with Crippen LogP contribution in [0.15, 0.2) is 58.6 Å². The van der Waals surface area contributed by atoms with Gasteiger partial charge in [0.2, 0.25) is 0 Å². The van der Waals surface area contributed by atoms with Crippen LogP contribution in [-0.2, 0) is 19.5 Å². The number of ether oxygens (including phenoxy) is 1. The van der Waals surface area contributed by atoms with Crippen molar-refractivity contribution < 1.29 is 31.6 Å². The van der Waals surface area contributed by atoms with E-state index in [-0.39, 0.29) is 21.9 Å². The molecule has 27 heavy (non-hydrogen) atoms. The van der Waals surface area contributed by atoms with Crippen molar-refractivity contribution in [2.24, 2.45) is 5.16 Å². The van der Waals surface area contributed by atoms with Gasteiger partial charge < -0.3 is 14.9 Å². The number of hydrogen-bond donors (Lipinski definition) is 1. The zero-order valence-corrected chi connectivity index (χ0v) is 14.9. The van der Waals surface area contributed by atoms with Crippen LogP contribution in [0.5, 0.6) is 5.75 Å². The van der Waals surface area contributed by atoms with Gasteiger partial charge in [0.1, 0.15) is 5.75 Å². The summed E-state index contributed by atoms with van der Waals surface area (Å²) in [6.07, 6.45) is 2.19. The summed E-state index contributed by atoms with van der Waals surface area (Å²) in [6, 6.07) is 11.7. The Kier molecular flexibility index (Phi) is 6.83. The average Bonchev–Trinajstić information content (AvgIpc) is 2.59. The Morgan fingerprint density at radius 3 is 2.67 bits per heavy atom. The number of oxime groups is 1. The third-order valence-electron chi connectivity index (χ3n) is 3.14. The number of hydrogen-bond acceptors (Lipinski definition) is 6. The molecule has 0 heterocycles. The molecule has 0 aliphatic heterocycles. The number of benzene rings is 2. The molecular weight excluding hydrogens is 382 g/mol. The maximum Gasteiger partial charge on any atom is 0.387 e. The summed E-state index contributed by atoms with van der Waals surface area (Å²) in [4.78, 5) is 16.7. The molecule has 1 amide bonds. The van der Waals surface area contributed by atoms with Crippen LogP contribution in [-0.4, -0.2) is 40.0 Å². The van der Waals surface area contributed by atoms with Gasteiger partial charge >= 0.3 is 6.61 Å². The molecular formula is C17H16F2N2O5S. The van der Waals surface area contributed by atoms with E-state index in [1.165, 1.54) is 42.5 Å². The van der Waals surface area contributed by atoms with Gasteiger partial charge in [-0.3, -0.25) is 4.79 Å². The molecule has 0 unspecified atom stereocenters. The summed E-state index contributed by atoms with van der Waals surface area (Å²) in [5.74, 6) is -0.656. The molecule has 0 aliphatic rings. The van der Waals surface area contributed by atoms with E-state index in [1.54, 1.807) is 6.07 Å². The number of para-hydroxylation sites is 1. The van der Waals surface area contributed by atoms with Crippen LogP contribution in [0.3, 0.4) is 0 Å². The second kappa shape index (κ2) is 9.08. The Bertz CT molecular complexity index is 932. The highest BCUT2D eigenvalue weighted by atomic mass is 32.2. The van der Waals surface area contributed by atoms with Crippen LogP contribution in [0, 0.1) is 0 Å². The topological polar surface area (TPSA) is 94.1 Å². The minimum Gasteiger partial charge on any atom is -0.434 e. The summed E-state index contributed by atoms with van der Waals surface area (Å²) in [7, 11) is -3.40. The lowest BCUT2D eigenvalue weighted by molar-refractivity contribution is -0.120. The molecule has 10 heteroatoms. The first kappa shape index (κ1) is 20.3. The second-order valence-corrected chi connectivity index (χ2v) is 7.29. The van der Waals surface area contributed by atoms with E-state index < -0.39 is 29.0 Å². The molecule has 0 spiro atoms. The molecule has 2 aromatic rings. The van der Waals surface area contributed by atoms with Crippen LogP contribution in [0.4, 0.5) is 14.5 Å². The number of halogens is 2. The van der Waals surface area contributed by atoms with Crippen LogP contribution in [0.1, 0.15) is 5.56 Å². The van der Waals surface area contributed by atoms with Gasteiger partial charge in [-0.25, -0.2) is 8.42 Å². The highest BCUT2D eigenvalue weighted by Gasteiger charge is 2.10. The SMILES string of the molecule is CS(=O)(=O)c1cccc(NC(=O)CO/N=C\c2ccccc2OC(F)F)c1. The van der Waals surface area contributed by atoms with Crippen molar-refractivity contribution in [2.75, 3.05) is 18.2 Å². The zero-order chi connectivity index (χ0) is 19.9. The number of amides is 1. The van der Waals surface area contributed by atoms with Gasteiger partial charge in [-0.15, -0.1) is 0 Å². The third-order valence-corrected chi connectivity index (χ3v) is 4.25. The Hall–Kier alpha value is -3.01. The highest BCUT2D eigenvalue weighted by Crippen LogP contribution is 2.18. The van der Waals surface area contributed by atoms with Crippen molar-refractivity contribution in [3.05, 3.63) is 54.1 Å². The molecule has 0 aliphatic carbocycles. The largest absolute Gasteiger partial charge is 0.434 e.